The van der Waals surface area contributed by atoms with Crippen LogP contribution in [-0.4, -0.2) is 12.2 Å². The molecule has 0 radical (unpaired) electrons. The molecule has 0 N–H and O–H groups in total. The fourth-order valence-corrected chi connectivity index (χ4v) is 5.17. The van der Waals surface area contributed by atoms with E-state index in [2.05, 4.69) is 6.07 Å². The average Bonchev–Trinajstić information content (AvgIpc) is 2.64. The van der Waals surface area contributed by atoms with Crippen molar-refractivity contribution in [3.8, 4) is 6.07 Å². The second-order valence-corrected chi connectivity index (χ2v) is 8.59. The molecule has 2 fully saturated rings. The second kappa shape index (κ2) is 11.1. The summed E-state index contributed by atoms with van der Waals surface area (Å²) in [5.74, 6) is 4.05. The number of hydrogen-bond acceptors (Lipinski definition) is 2. The first-order chi connectivity index (χ1) is 11.8. The summed E-state index contributed by atoms with van der Waals surface area (Å²) in [6, 6.07) is 2.66. The molecule has 1 unspecified atom stereocenters. The van der Waals surface area contributed by atoms with Crippen LogP contribution in [0.15, 0.2) is 0 Å². The SMILES string of the molecule is N#CC(CC1CCC(CCC=O)CC1)[C@H]1CC[C@H](CCCCl)CC1. The van der Waals surface area contributed by atoms with Gasteiger partial charge in [-0.2, -0.15) is 5.26 Å². The number of aldehydes is 1. The highest BCUT2D eigenvalue weighted by Gasteiger charge is 2.30. The van der Waals surface area contributed by atoms with E-state index in [0.29, 0.717) is 5.92 Å². The Morgan fingerprint density at radius 3 is 2.12 bits per heavy atom. The smallest absolute Gasteiger partial charge is 0.120 e. The van der Waals surface area contributed by atoms with Gasteiger partial charge in [0.25, 0.3) is 0 Å². The molecule has 0 bridgehead atoms. The number of hydrogen-bond donors (Lipinski definition) is 0. The Kier molecular flexibility index (Phi) is 9.18. The molecule has 0 saturated heterocycles. The maximum atomic E-state index is 10.5. The quantitative estimate of drug-likeness (QED) is 0.370. The predicted molar refractivity (Wildman–Crippen MR) is 99.9 cm³/mol. The van der Waals surface area contributed by atoms with Crippen LogP contribution in [0.2, 0.25) is 0 Å². The molecule has 136 valence electrons. The van der Waals surface area contributed by atoms with Gasteiger partial charge in [0.15, 0.2) is 0 Å². The lowest BCUT2D eigenvalue weighted by Crippen LogP contribution is -2.24. The fourth-order valence-electron chi connectivity index (χ4n) is 5.01. The summed E-state index contributed by atoms with van der Waals surface area (Å²) < 4.78 is 0. The van der Waals surface area contributed by atoms with Crippen LogP contribution in [0.1, 0.15) is 83.5 Å². The van der Waals surface area contributed by atoms with E-state index in [0.717, 1.165) is 55.6 Å². The Hall–Kier alpha value is -0.550. The third-order valence-electron chi connectivity index (χ3n) is 6.62. The molecule has 0 aromatic carbocycles. The van der Waals surface area contributed by atoms with Gasteiger partial charge in [-0.1, -0.05) is 38.5 Å². The normalized spacial score (nSPS) is 32.0. The molecule has 2 aliphatic carbocycles. The van der Waals surface area contributed by atoms with Crippen molar-refractivity contribution in [1.82, 2.24) is 0 Å². The molecule has 0 amide bonds. The zero-order valence-electron chi connectivity index (χ0n) is 15.1. The minimum atomic E-state index is 0.274. The van der Waals surface area contributed by atoms with Crippen LogP contribution in [0, 0.1) is 40.9 Å². The lowest BCUT2D eigenvalue weighted by Gasteiger charge is -2.34. The Labute approximate surface area is 153 Å². The van der Waals surface area contributed by atoms with Crippen LogP contribution >= 0.6 is 11.6 Å². The van der Waals surface area contributed by atoms with E-state index in [4.69, 9.17) is 11.6 Å². The highest BCUT2D eigenvalue weighted by atomic mass is 35.5. The van der Waals surface area contributed by atoms with Gasteiger partial charge in [0.1, 0.15) is 6.29 Å². The highest BCUT2D eigenvalue weighted by molar-refractivity contribution is 6.17. The molecule has 24 heavy (non-hydrogen) atoms. The zero-order valence-corrected chi connectivity index (χ0v) is 15.9. The molecule has 0 spiro atoms. The molecular weight excluding hydrogens is 318 g/mol. The van der Waals surface area contributed by atoms with E-state index < -0.39 is 0 Å². The summed E-state index contributed by atoms with van der Waals surface area (Å²) >= 11 is 5.81. The molecule has 0 aromatic rings. The number of carbonyl (C=O) groups is 1. The summed E-state index contributed by atoms with van der Waals surface area (Å²) in [4.78, 5) is 10.5. The van der Waals surface area contributed by atoms with Gasteiger partial charge in [-0.05, 0) is 62.2 Å². The number of nitriles is 1. The molecule has 0 heterocycles. The van der Waals surface area contributed by atoms with Crippen LogP contribution in [0.4, 0.5) is 0 Å². The van der Waals surface area contributed by atoms with E-state index in [1.54, 1.807) is 0 Å². The van der Waals surface area contributed by atoms with Crippen LogP contribution in [0.3, 0.4) is 0 Å². The first kappa shape index (κ1) is 19.8. The van der Waals surface area contributed by atoms with Gasteiger partial charge in [0.2, 0.25) is 0 Å². The van der Waals surface area contributed by atoms with Crippen molar-refractivity contribution in [1.29, 1.82) is 5.26 Å². The predicted octanol–water partition coefficient (Wildman–Crippen LogP) is 6.13. The van der Waals surface area contributed by atoms with Crippen molar-refractivity contribution in [3.63, 3.8) is 0 Å². The maximum Gasteiger partial charge on any atom is 0.120 e. The molecule has 2 nitrogen and oxygen atoms in total. The summed E-state index contributed by atoms with van der Waals surface area (Å²) in [6.07, 6.45) is 16.6. The molecule has 0 aromatic heterocycles. The minimum absolute atomic E-state index is 0.274. The number of halogens is 1. The van der Waals surface area contributed by atoms with Crippen molar-refractivity contribution in [2.75, 3.05) is 5.88 Å². The van der Waals surface area contributed by atoms with E-state index in [9.17, 15) is 10.1 Å². The van der Waals surface area contributed by atoms with Crippen molar-refractivity contribution in [2.24, 2.45) is 29.6 Å². The van der Waals surface area contributed by atoms with E-state index in [1.807, 2.05) is 0 Å². The van der Waals surface area contributed by atoms with Gasteiger partial charge in [0, 0.05) is 18.2 Å². The van der Waals surface area contributed by atoms with Crippen molar-refractivity contribution < 1.29 is 4.79 Å². The Morgan fingerprint density at radius 1 is 0.958 bits per heavy atom. The summed E-state index contributed by atoms with van der Waals surface area (Å²) in [6.45, 7) is 0. The Balaban J connectivity index is 1.70. The monoisotopic (exact) mass is 351 g/mol. The average molecular weight is 352 g/mol. The van der Waals surface area contributed by atoms with Crippen LogP contribution in [0.5, 0.6) is 0 Å². The Bertz CT molecular complexity index is 389. The van der Waals surface area contributed by atoms with Gasteiger partial charge in [0.05, 0.1) is 6.07 Å². The van der Waals surface area contributed by atoms with Crippen LogP contribution < -0.4 is 0 Å². The largest absolute Gasteiger partial charge is 0.303 e. The second-order valence-electron chi connectivity index (χ2n) is 8.21. The summed E-state index contributed by atoms with van der Waals surface area (Å²) in [5, 5.41) is 9.68. The van der Waals surface area contributed by atoms with E-state index >= 15 is 0 Å². The molecule has 1 atom stereocenters. The molecule has 0 aliphatic heterocycles. The van der Waals surface area contributed by atoms with Gasteiger partial charge < -0.3 is 4.79 Å². The highest BCUT2D eigenvalue weighted by Crippen LogP contribution is 2.40. The van der Waals surface area contributed by atoms with Gasteiger partial charge >= 0.3 is 0 Å². The molecule has 2 rings (SSSR count). The molecule has 2 aliphatic rings. The minimum Gasteiger partial charge on any atom is -0.303 e. The first-order valence-electron chi connectivity index (χ1n) is 10.2. The molecular formula is C21H34ClNO. The van der Waals surface area contributed by atoms with Crippen LogP contribution in [0.25, 0.3) is 0 Å². The maximum absolute atomic E-state index is 10.5. The number of nitrogens with zero attached hydrogens (tertiary/aromatic N) is 1. The topological polar surface area (TPSA) is 40.9 Å². The van der Waals surface area contributed by atoms with Crippen molar-refractivity contribution in [2.45, 2.75) is 83.5 Å². The number of alkyl halides is 1. The van der Waals surface area contributed by atoms with Crippen molar-refractivity contribution >= 4 is 17.9 Å². The van der Waals surface area contributed by atoms with Gasteiger partial charge in [-0.15, -0.1) is 11.6 Å². The fraction of sp³-hybridized carbons (Fsp3) is 0.905. The first-order valence-corrected chi connectivity index (χ1v) is 10.7. The zero-order chi connectivity index (χ0) is 17.2. The van der Waals surface area contributed by atoms with Crippen LogP contribution in [-0.2, 0) is 4.79 Å². The standard InChI is InChI=1S/C21H34ClNO/c22-13-1-3-17-9-11-20(12-10-17)21(16-23)15-19-7-5-18(6-8-19)4-2-14-24/h14,17-21H,1-13,15H2/t17-,18?,19?,20-,21?. The lowest BCUT2D eigenvalue weighted by molar-refractivity contribution is -0.108. The van der Waals surface area contributed by atoms with E-state index in [1.165, 1.54) is 57.8 Å². The Morgan fingerprint density at radius 2 is 1.54 bits per heavy atom. The van der Waals surface area contributed by atoms with Gasteiger partial charge in [-0.3, -0.25) is 0 Å². The third kappa shape index (κ3) is 6.40. The molecule has 3 heteroatoms. The third-order valence-corrected chi connectivity index (χ3v) is 6.89. The number of carbonyl (C=O) groups excluding carboxylic acids is 1. The van der Waals surface area contributed by atoms with Gasteiger partial charge in [-0.25, -0.2) is 0 Å². The molecule has 2 saturated carbocycles. The lowest BCUT2D eigenvalue weighted by atomic mass is 9.70. The summed E-state index contributed by atoms with van der Waals surface area (Å²) in [5.41, 5.74) is 0. The summed E-state index contributed by atoms with van der Waals surface area (Å²) in [7, 11) is 0. The van der Waals surface area contributed by atoms with E-state index in [-0.39, 0.29) is 5.92 Å². The van der Waals surface area contributed by atoms with Crippen molar-refractivity contribution in [3.05, 3.63) is 0 Å². The number of rotatable bonds is 9.